The first kappa shape index (κ1) is 23.0. The van der Waals surface area contributed by atoms with E-state index in [0.717, 1.165) is 27.3 Å². The summed E-state index contributed by atoms with van der Waals surface area (Å²) < 4.78 is 16.5. The van der Waals surface area contributed by atoms with Crippen molar-refractivity contribution >= 4 is 44.9 Å². The van der Waals surface area contributed by atoms with Crippen molar-refractivity contribution in [1.82, 2.24) is 0 Å². The lowest BCUT2D eigenvalue weighted by Crippen LogP contribution is -2.20. The van der Waals surface area contributed by atoms with Gasteiger partial charge >= 0.3 is 0 Å². The maximum atomic E-state index is 12.8. The van der Waals surface area contributed by atoms with E-state index in [1.54, 1.807) is 55.8 Å². The van der Waals surface area contributed by atoms with Crippen molar-refractivity contribution in [2.24, 2.45) is 0 Å². The molecule has 1 aromatic heterocycles. The average molecular weight is 481 g/mol. The fraction of sp³-hybridized carbons (Fsp3) is 0.103. The zero-order chi connectivity index (χ0) is 24.9. The monoisotopic (exact) mass is 480 g/mol. The summed E-state index contributed by atoms with van der Waals surface area (Å²) >= 11 is 0. The quantitative estimate of drug-likeness (QED) is 0.293. The molecule has 7 heteroatoms. The van der Waals surface area contributed by atoms with Gasteiger partial charge < -0.3 is 24.5 Å². The van der Waals surface area contributed by atoms with Crippen molar-refractivity contribution in [3.8, 4) is 11.5 Å². The molecule has 2 amide bonds. The molecular formula is C29H24N2O5. The van der Waals surface area contributed by atoms with Gasteiger partial charge in [0.15, 0.2) is 18.1 Å². The van der Waals surface area contributed by atoms with Crippen molar-refractivity contribution in [3.63, 3.8) is 0 Å². The van der Waals surface area contributed by atoms with Crippen LogP contribution < -0.4 is 20.1 Å². The van der Waals surface area contributed by atoms with Gasteiger partial charge in [-0.3, -0.25) is 9.59 Å². The lowest BCUT2D eigenvalue weighted by atomic mass is 10.0. The smallest absolute Gasteiger partial charge is 0.262 e. The van der Waals surface area contributed by atoms with Crippen molar-refractivity contribution in [2.75, 3.05) is 24.4 Å². The van der Waals surface area contributed by atoms with Crippen LogP contribution in [0.4, 0.5) is 11.4 Å². The standard InChI is InChI=1S/C29H24N2O5/c1-34-24-11-4-5-12-25(24)36-18-28(33)31-22-9-6-8-21(16-22)30-27(32)15-20-17-35-26-14-13-19-7-2-3-10-23(19)29(20)26/h2-14,16-17H,15,18H2,1H3,(H,30,32)(H,31,33). The molecule has 4 aromatic carbocycles. The van der Waals surface area contributed by atoms with Gasteiger partial charge in [0.1, 0.15) is 5.58 Å². The predicted octanol–water partition coefficient (Wildman–Crippen LogP) is 5.79. The molecule has 0 unspecified atom stereocenters. The third kappa shape index (κ3) is 5.00. The molecule has 5 aromatic rings. The molecular weight excluding hydrogens is 456 g/mol. The molecule has 36 heavy (non-hydrogen) atoms. The highest BCUT2D eigenvalue weighted by atomic mass is 16.5. The first-order valence-corrected chi connectivity index (χ1v) is 11.4. The van der Waals surface area contributed by atoms with Crippen LogP contribution in [-0.4, -0.2) is 25.5 Å². The van der Waals surface area contributed by atoms with Crippen LogP contribution in [0, 0.1) is 0 Å². The molecule has 0 fully saturated rings. The van der Waals surface area contributed by atoms with Crippen LogP contribution in [0.15, 0.2) is 95.6 Å². The summed E-state index contributed by atoms with van der Waals surface area (Å²) in [4.78, 5) is 25.2. The second-order valence-electron chi connectivity index (χ2n) is 8.21. The van der Waals surface area contributed by atoms with E-state index in [4.69, 9.17) is 13.9 Å². The topological polar surface area (TPSA) is 89.8 Å². The van der Waals surface area contributed by atoms with E-state index < -0.39 is 0 Å². The summed E-state index contributed by atoms with van der Waals surface area (Å²) in [5.74, 6) is 0.513. The summed E-state index contributed by atoms with van der Waals surface area (Å²) in [6, 6.07) is 26.0. The summed E-state index contributed by atoms with van der Waals surface area (Å²) in [5.41, 5.74) is 2.68. The number of furan rings is 1. The van der Waals surface area contributed by atoms with Crippen LogP contribution in [0.2, 0.25) is 0 Å². The Morgan fingerprint density at radius 3 is 2.33 bits per heavy atom. The molecule has 0 spiro atoms. The van der Waals surface area contributed by atoms with Gasteiger partial charge in [-0.1, -0.05) is 48.5 Å². The van der Waals surface area contributed by atoms with E-state index in [2.05, 4.69) is 10.6 Å². The number of fused-ring (bicyclic) bond motifs is 3. The average Bonchev–Trinajstić information content (AvgIpc) is 3.31. The van der Waals surface area contributed by atoms with Crippen LogP contribution in [0.1, 0.15) is 5.56 Å². The SMILES string of the molecule is COc1ccccc1OCC(=O)Nc1cccc(NC(=O)Cc2coc3ccc4ccccc4c23)c1. The maximum absolute atomic E-state index is 12.8. The minimum absolute atomic E-state index is 0.157. The Balaban J connectivity index is 1.23. The normalized spacial score (nSPS) is 10.8. The number of hydrogen-bond donors (Lipinski definition) is 2. The van der Waals surface area contributed by atoms with E-state index in [1.807, 2.05) is 42.5 Å². The molecule has 0 aliphatic heterocycles. The van der Waals surface area contributed by atoms with Gasteiger partial charge in [-0.05, 0) is 47.2 Å². The van der Waals surface area contributed by atoms with Crippen molar-refractivity contribution in [3.05, 3.63) is 96.8 Å². The molecule has 0 saturated carbocycles. The Morgan fingerprint density at radius 2 is 1.53 bits per heavy atom. The number of carbonyl (C=O) groups excluding carboxylic acids is 2. The summed E-state index contributed by atoms with van der Waals surface area (Å²) in [6.45, 7) is -0.182. The molecule has 5 rings (SSSR count). The molecule has 0 atom stereocenters. The largest absolute Gasteiger partial charge is 0.493 e. The third-order valence-electron chi connectivity index (χ3n) is 5.75. The minimum Gasteiger partial charge on any atom is -0.493 e. The number of methoxy groups -OCH3 is 1. The van der Waals surface area contributed by atoms with Gasteiger partial charge in [0.2, 0.25) is 5.91 Å². The number of rotatable bonds is 8. The third-order valence-corrected chi connectivity index (χ3v) is 5.75. The van der Waals surface area contributed by atoms with Crippen LogP contribution >= 0.6 is 0 Å². The maximum Gasteiger partial charge on any atom is 0.262 e. The lowest BCUT2D eigenvalue weighted by molar-refractivity contribution is -0.118. The molecule has 0 bridgehead atoms. The molecule has 0 saturated heterocycles. The zero-order valence-corrected chi connectivity index (χ0v) is 19.6. The van der Waals surface area contributed by atoms with Crippen molar-refractivity contribution in [1.29, 1.82) is 0 Å². The second-order valence-corrected chi connectivity index (χ2v) is 8.21. The van der Waals surface area contributed by atoms with E-state index in [9.17, 15) is 9.59 Å². The highest BCUT2D eigenvalue weighted by Crippen LogP contribution is 2.30. The fourth-order valence-electron chi connectivity index (χ4n) is 4.14. The first-order chi connectivity index (χ1) is 17.6. The van der Waals surface area contributed by atoms with Crippen LogP contribution in [0.25, 0.3) is 21.7 Å². The molecule has 7 nitrogen and oxygen atoms in total. The Hall–Kier alpha value is -4.78. The number of ether oxygens (including phenoxy) is 2. The molecule has 0 radical (unpaired) electrons. The molecule has 2 N–H and O–H groups in total. The summed E-state index contributed by atoms with van der Waals surface area (Å²) in [6.07, 6.45) is 1.79. The van der Waals surface area contributed by atoms with Gasteiger partial charge in [0.05, 0.1) is 19.8 Å². The van der Waals surface area contributed by atoms with E-state index in [0.29, 0.717) is 22.9 Å². The fourth-order valence-corrected chi connectivity index (χ4v) is 4.14. The number of benzene rings is 4. The van der Waals surface area contributed by atoms with Crippen LogP contribution in [-0.2, 0) is 16.0 Å². The molecule has 0 aliphatic carbocycles. The molecule has 1 heterocycles. The highest BCUT2D eigenvalue weighted by molar-refractivity contribution is 6.09. The molecule has 0 aliphatic rings. The summed E-state index contributed by atoms with van der Waals surface area (Å²) in [5, 5.41) is 8.76. The summed E-state index contributed by atoms with van der Waals surface area (Å²) in [7, 11) is 1.54. The minimum atomic E-state index is -0.332. The molecule has 180 valence electrons. The number of amides is 2. The Morgan fingerprint density at radius 1 is 0.806 bits per heavy atom. The number of carbonyl (C=O) groups is 2. The van der Waals surface area contributed by atoms with Crippen molar-refractivity contribution in [2.45, 2.75) is 6.42 Å². The van der Waals surface area contributed by atoms with Gasteiger partial charge in [-0.2, -0.15) is 0 Å². The Labute approximate surface area is 207 Å². The predicted molar refractivity (Wildman–Crippen MR) is 140 cm³/mol. The Kier molecular flexibility index (Phi) is 6.53. The number of nitrogens with one attached hydrogen (secondary N) is 2. The van der Waals surface area contributed by atoms with E-state index in [1.165, 1.54) is 0 Å². The number of para-hydroxylation sites is 2. The number of anilines is 2. The van der Waals surface area contributed by atoms with Gasteiger partial charge in [0.25, 0.3) is 5.91 Å². The zero-order valence-electron chi connectivity index (χ0n) is 19.6. The Bertz CT molecular complexity index is 1560. The van der Waals surface area contributed by atoms with Crippen molar-refractivity contribution < 1.29 is 23.5 Å². The van der Waals surface area contributed by atoms with Gasteiger partial charge in [-0.15, -0.1) is 0 Å². The van der Waals surface area contributed by atoms with Gasteiger partial charge in [-0.25, -0.2) is 0 Å². The van der Waals surface area contributed by atoms with E-state index in [-0.39, 0.29) is 24.8 Å². The highest BCUT2D eigenvalue weighted by Gasteiger charge is 2.14. The number of hydrogen-bond acceptors (Lipinski definition) is 5. The van der Waals surface area contributed by atoms with Crippen LogP contribution in [0.5, 0.6) is 11.5 Å². The van der Waals surface area contributed by atoms with Gasteiger partial charge in [0, 0.05) is 22.3 Å². The lowest BCUT2D eigenvalue weighted by Gasteiger charge is -2.11. The van der Waals surface area contributed by atoms with E-state index >= 15 is 0 Å². The van der Waals surface area contributed by atoms with Crippen LogP contribution in [0.3, 0.4) is 0 Å². The second kappa shape index (κ2) is 10.2. The first-order valence-electron chi connectivity index (χ1n) is 11.4.